The zero-order valence-corrected chi connectivity index (χ0v) is 34.2. The third kappa shape index (κ3) is 59.1. The van der Waals surface area contributed by atoms with Gasteiger partial charge in [-0.1, -0.05) is 146 Å². The number of carboxylic acids is 1. The summed E-state index contributed by atoms with van der Waals surface area (Å²) in [6, 6.07) is 0. The fraction of sp³-hybridized carbons (Fsp3) is 0.867. The number of ketones is 1. The standard InChI is InChI=1S/C13H25NO2S2.C9H19NS2.C3H6O.CHCl3.4CH4.ClH.Na/c1-5-7-9-14(10-8-6-2)12(17)18-13(3,4)11(15)16;1-3-5-7-10(9(11)12)8-6-4-2;1-3(2)4;2-1(3)4;;;;;;/h5-10H2,1-4H3,(H,15,16);3-8H2,1-2H3,(H,11,12);1-2H3;1H;4*1H4;1H;/q;;;;;;;;;+1/p-1. The topological polar surface area (TPSA) is 60.9 Å². The van der Waals surface area contributed by atoms with E-state index in [0.717, 1.165) is 51.9 Å². The number of Topliss-reactive ketones (excluding diaryl/α,β-unsaturated/α-hetero) is 1. The first-order valence-electron chi connectivity index (χ1n) is 13.1. The molecule has 0 aliphatic heterocycles. The molecule has 0 atom stereocenters. The summed E-state index contributed by atoms with van der Waals surface area (Å²) in [5.41, 5.74) is 0. The molecule has 0 aromatic carbocycles. The van der Waals surface area contributed by atoms with Gasteiger partial charge in [-0.15, -0.1) is 12.4 Å². The van der Waals surface area contributed by atoms with E-state index >= 15 is 0 Å². The van der Waals surface area contributed by atoms with Gasteiger partial charge < -0.3 is 44.5 Å². The number of carbonyl (C=O) groups excluding carboxylic acids is 1. The molecule has 0 bridgehead atoms. The average Bonchev–Trinajstić information content (AvgIpc) is 2.78. The maximum Gasteiger partial charge on any atom is 1.00 e. The molecule has 268 valence electrons. The van der Waals surface area contributed by atoms with E-state index in [4.69, 9.17) is 77.0 Å². The molecular weight excluding hydrogens is 729 g/mol. The van der Waals surface area contributed by atoms with E-state index in [9.17, 15) is 9.59 Å². The average molecular weight is 797 g/mol. The van der Waals surface area contributed by atoms with E-state index in [2.05, 4.69) is 37.5 Å². The Morgan fingerprint density at radius 1 is 0.773 bits per heavy atom. The maximum absolute atomic E-state index is 11.1. The number of carboxylic acid groups (broad SMARTS) is 1. The second-order valence-corrected chi connectivity index (χ2v) is 14.3. The van der Waals surface area contributed by atoms with Crippen LogP contribution in [0.1, 0.15) is 136 Å². The van der Waals surface area contributed by atoms with E-state index in [1.54, 1.807) is 13.8 Å². The van der Waals surface area contributed by atoms with Gasteiger partial charge in [0.25, 0.3) is 0 Å². The Hall–Kier alpha value is 1.65. The number of alkyl halides is 3. The number of carbonyl (C=O) groups is 2. The summed E-state index contributed by atoms with van der Waals surface area (Å²) in [6.07, 6.45) is 9.24. The summed E-state index contributed by atoms with van der Waals surface area (Å²) in [5.74, 6) is -0.652. The van der Waals surface area contributed by atoms with Gasteiger partial charge in [-0.05, 0) is 53.4 Å². The van der Waals surface area contributed by atoms with Gasteiger partial charge in [0.2, 0.25) is 0 Å². The van der Waals surface area contributed by atoms with Gasteiger partial charge in [-0.2, -0.15) is 0 Å². The van der Waals surface area contributed by atoms with Crippen LogP contribution in [0, 0.1) is 0 Å². The number of aliphatic carboxylic acids is 1. The van der Waals surface area contributed by atoms with Crippen LogP contribution < -0.4 is 29.6 Å². The van der Waals surface area contributed by atoms with Gasteiger partial charge in [-0.3, -0.25) is 4.79 Å². The summed E-state index contributed by atoms with van der Waals surface area (Å²) in [5, 5.41) is 9.13. The van der Waals surface area contributed by atoms with E-state index in [1.165, 1.54) is 51.3 Å². The van der Waals surface area contributed by atoms with Crippen LogP contribution in [0.15, 0.2) is 0 Å². The second-order valence-electron chi connectivity index (χ2n) is 8.99. The van der Waals surface area contributed by atoms with Gasteiger partial charge in [0.05, 0.1) is 0 Å². The predicted molar refractivity (Wildman–Crippen MR) is 217 cm³/mol. The van der Waals surface area contributed by atoms with Gasteiger partial charge in [0.15, 0.2) is 4.30 Å². The Bertz CT molecular complexity index is 618. The van der Waals surface area contributed by atoms with Crippen LogP contribution in [0.25, 0.3) is 0 Å². The van der Waals surface area contributed by atoms with E-state index in [0.29, 0.717) is 8.64 Å². The smallest absolute Gasteiger partial charge is 0.480 e. The van der Waals surface area contributed by atoms with Crippen LogP contribution in [0.2, 0.25) is 0 Å². The molecule has 0 saturated heterocycles. The molecule has 0 aromatic heterocycles. The molecule has 0 fully saturated rings. The molecular formula is C30H67Cl4N2NaO3S4. The number of halogens is 4. The van der Waals surface area contributed by atoms with Crippen molar-refractivity contribution in [1.82, 2.24) is 9.80 Å². The number of unbranched alkanes of at least 4 members (excludes halogenated alkanes) is 4. The van der Waals surface area contributed by atoms with Crippen LogP contribution >= 0.6 is 83.4 Å². The number of thiocarbonyl (C=S) groups is 2. The molecule has 0 amide bonds. The van der Waals surface area contributed by atoms with Crippen molar-refractivity contribution in [2.45, 2.75) is 146 Å². The predicted octanol–water partition coefficient (Wildman–Crippen LogP) is 9.04. The summed E-state index contributed by atoms with van der Waals surface area (Å²) < 4.78 is -0.255. The van der Waals surface area contributed by atoms with Crippen molar-refractivity contribution >= 4 is 116 Å². The fourth-order valence-corrected chi connectivity index (χ4v) is 4.32. The molecule has 0 aromatic rings. The fourth-order valence-electron chi connectivity index (χ4n) is 2.31. The minimum atomic E-state index is -0.853. The maximum atomic E-state index is 11.1. The Morgan fingerprint density at radius 3 is 1.18 bits per heavy atom. The summed E-state index contributed by atoms with van der Waals surface area (Å²) >= 11 is 31.1. The van der Waals surface area contributed by atoms with Gasteiger partial charge in [0.1, 0.15) is 14.9 Å². The van der Waals surface area contributed by atoms with Crippen LogP contribution in [0.4, 0.5) is 0 Å². The van der Waals surface area contributed by atoms with Crippen molar-refractivity contribution < 1.29 is 44.3 Å². The van der Waals surface area contributed by atoms with Crippen LogP contribution in [0.5, 0.6) is 0 Å². The number of rotatable bonds is 14. The largest absolute Gasteiger partial charge is 1.00 e. The van der Waals surface area contributed by atoms with Crippen LogP contribution in [-0.4, -0.2) is 70.5 Å². The van der Waals surface area contributed by atoms with E-state index in [-0.39, 0.29) is 77.5 Å². The van der Waals surface area contributed by atoms with Crippen LogP contribution in [0.3, 0.4) is 0 Å². The number of hydrogen-bond acceptors (Lipinski definition) is 6. The first kappa shape index (κ1) is 71.6. The molecule has 0 radical (unpaired) electrons. The first-order valence-corrected chi connectivity index (χ1v) is 16.4. The SMILES string of the molecule is C.C.C.C.CC(C)=O.CCCCN(CCCC)C(=S)SC(C)(C)C(=O)O.CCCCN(CCCC)C(=S)[S-].Cl.ClC(Cl)Cl.[Na+]. The number of hydrogen-bond donors (Lipinski definition) is 1. The van der Waals surface area contributed by atoms with E-state index in [1.807, 2.05) is 0 Å². The Kier molecular flexibility index (Phi) is 79.8. The Balaban J connectivity index is -0.0000000488. The minimum Gasteiger partial charge on any atom is -0.480 e. The molecule has 0 spiro atoms. The first-order chi connectivity index (χ1) is 17.5. The summed E-state index contributed by atoms with van der Waals surface area (Å²) in [7, 11) is 0. The normalized spacial score (nSPS) is 8.73. The van der Waals surface area contributed by atoms with Crippen molar-refractivity contribution in [3.63, 3.8) is 0 Å². The van der Waals surface area contributed by atoms with Gasteiger partial charge in [0, 0.05) is 26.2 Å². The molecule has 0 aliphatic carbocycles. The zero-order chi connectivity index (χ0) is 30.7. The molecule has 0 heterocycles. The van der Waals surface area contributed by atoms with Crippen molar-refractivity contribution in [2.75, 3.05) is 26.2 Å². The van der Waals surface area contributed by atoms with Gasteiger partial charge in [-0.25, -0.2) is 0 Å². The molecule has 0 unspecified atom stereocenters. The second kappa shape index (κ2) is 49.0. The van der Waals surface area contributed by atoms with Crippen molar-refractivity contribution in [1.29, 1.82) is 0 Å². The Labute approximate surface area is 338 Å². The van der Waals surface area contributed by atoms with Crippen molar-refractivity contribution in [3.8, 4) is 0 Å². The number of nitrogens with zero attached hydrogens (tertiary/aromatic N) is 2. The quantitative estimate of drug-likeness (QED) is 0.0804. The molecule has 1 N–H and O–H groups in total. The Morgan fingerprint density at radius 2 is 1.00 bits per heavy atom. The van der Waals surface area contributed by atoms with Gasteiger partial charge >= 0.3 is 35.5 Å². The monoisotopic (exact) mass is 794 g/mol. The molecule has 0 rings (SSSR count). The molecule has 14 heteroatoms. The van der Waals surface area contributed by atoms with Crippen LogP contribution in [-0.2, 0) is 22.2 Å². The minimum absolute atomic E-state index is 0. The molecule has 44 heavy (non-hydrogen) atoms. The van der Waals surface area contributed by atoms with Crippen molar-refractivity contribution in [2.24, 2.45) is 0 Å². The zero-order valence-electron chi connectivity index (χ0n) is 25.9. The molecule has 0 saturated carbocycles. The summed E-state index contributed by atoms with van der Waals surface area (Å²) in [6.45, 7) is 19.1. The third-order valence-corrected chi connectivity index (χ3v) is 6.64. The molecule has 0 aliphatic rings. The molecule has 5 nitrogen and oxygen atoms in total. The van der Waals surface area contributed by atoms with E-state index < -0.39 is 15.0 Å². The number of thioether (sulfide) groups is 1. The summed E-state index contributed by atoms with van der Waals surface area (Å²) in [4.78, 5) is 24.8. The third-order valence-electron chi connectivity index (χ3n) is 4.50. The van der Waals surface area contributed by atoms with Crippen molar-refractivity contribution in [3.05, 3.63) is 0 Å².